The molecule has 20 heavy (non-hydrogen) atoms. The van der Waals surface area contributed by atoms with E-state index in [0.717, 1.165) is 12.8 Å². The molecule has 0 aliphatic rings. The Bertz CT molecular complexity index is 489. The zero-order valence-electron chi connectivity index (χ0n) is 11.9. The van der Waals surface area contributed by atoms with Gasteiger partial charge in [-0.05, 0) is 24.6 Å². The molecule has 0 aliphatic heterocycles. The highest BCUT2D eigenvalue weighted by Gasteiger charge is 2.14. The van der Waals surface area contributed by atoms with Crippen LogP contribution in [-0.2, 0) is 9.53 Å². The van der Waals surface area contributed by atoms with Gasteiger partial charge in [0.2, 0.25) is 5.91 Å². The number of nitrogens with two attached hydrogens (primary N) is 2. The Balaban J connectivity index is 3.01. The molecule has 0 saturated carbocycles. The van der Waals surface area contributed by atoms with Crippen LogP contribution in [0.15, 0.2) is 18.2 Å². The van der Waals surface area contributed by atoms with Crippen LogP contribution in [0.1, 0.15) is 30.1 Å². The quantitative estimate of drug-likeness (QED) is 0.576. The number of carbonyl (C=O) groups excluding carboxylic acids is 2. The first kappa shape index (κ1) is 15.8. The molecule has 0 saturated heterocycles. The molecule has 0 unspecified atom stereocenters. The van der Waals surface area contributed by atoms with Crippen LogP contribution in [0.3, 0.4) is 0 Å². The molecule has 0 aromatic heterocycles. The van der Waals surface area contributed by atoms with Gasteiger partial charge in [0.05, 0.1) is 30.6 Å². The lowest BCUT2D eigenvalue weighted by Gasteiger charge is -2.24. The molecule has 4 N–H and O–H groups in total. The number of hydrogen-bond acceptors (Lipinski definition) is 5. The third-order valence-corrected chi connectivity index (χ3v) is 2.92. The molecular formula is C14H21N3O3. The molecule has 110 valence electrons. The van der Waals surface area contributed by atoms with Gasteiger partial charge in [0.15, 0.2) is 0 Å². The average molecular weight is 279 g/mol. The van der Waals surface area contributed by atoms with Crippen molar-refractivity contribution in [3.8, 4) is 0 Å². The number of amides is 1. The molecule has 0 radical (unpaired) electrons. The van der Waals surface area contributed by atoms with E-state index in [1.807, 2.05) is 4.90 Å². The number of ether oxygens (including phenoxy) is 1. The molecule has 0 bridgehead atoms. The van der Waals surface area contributed by atoms with Crippen molar-refractivity contribution >= 4 is 23.3 Å². The molecule has 1 rings (SSSR count). The lowest BCUT2D eigenvalue weighted by molar-refractivity contribution is -0.116. The standard InChI is InChI=1S/C14H21N3O3/c1-3-4-7-17(9-13(16)18)12-6-5-10(8-11(12)15)14(19)20-2/h5-6,8H,3-4,7,9,15H2,1-2H3,(H2,16,18). The topological polar surface area (TPSA) is 98.6 Å². The van der Waals surface area contributed by atoms with E-state index in [0.29, 0.717) is 23.5 Å². The Morgan fingerprint density at radius 3 is 2.55 bits per heavy atom. The Morgan fingerprint density at radius 1 is 1.35 bits per heavy atom. The molecular weight excluding hydrogens is 258 g/mol. The van der Waals surface area contributed by atoms with Crippen LogP contribution in [0, 0.1) is 0 Å². The lowest BCUT2D eigenvalue weighted by atomic mass is 10.1. The van der Waals surface area contributed by atoms with Crippen LogP contribution in [0.4, 0.5) is 11.4 Å². The van der Waals surface area contributed by atoms with Crippen LogP contribution in [0.5, 0.6) is 0 Å². The lowest BCUT2D eigenvalue weighted by Crippen LogP contribution is -2.35. The van der Waals surface area contributed by atoms with Gasteiger partial charge in [-0.15, -0.1) is 0 Å². The van der Waals surface area contributed by atoms with E-state index in [1.165, 1.54) is 7.11 Å². The largest absolute Gasteiger partial charge is 0.465 e. The fourth-order valence-electron chi connectivity index (χ4n) is 1.91. The maximum absolute atomic E-state index is 11.4. The highest BCUT2D eigenvalue weighted by atomic mass is 16.5. The normalized spacial score (nSPS) is 10.1. The summed E-state index contributed by atoms with van der Waals surface area (Å²) in [5.41, 5.74) is 12.7. The van der Waals surface area contributed by atoms with Crippen LogP contribution in [0.2, 0.25) is 0 Å². The summed E-state index contributed by atoms with van der Waals surface area (Å²) in [5, 5.41) is 0. The van der Waals surface area contributed by atoms with E-state index in [-0.39, 0.29) is 6.54 Å². The van der Waals surface area contributed by atoms with E-state index >= 15 is 0 Å². The van der Waals surface area contributed by atoms with E-state index in [9.17, 15) is 9.59 Å². The molecule has 0 fully saturated rings. The zero-order chi connectivity index (χ0) is 15.1. The van der Waals surface area contributed by atoms with Crippen molar-refractivity contribution in [2.45, 2.75) is 19.8 Å². The second kappa shape index (κ2) is 7.37. The number of nitrogen functional groups attached to an aromatic ring is 1. The first-order valence-corrected chi connectivity index (χ1v) is 6.50. The number of primary amides is 1. The number of esters is 1. The summed E-state index contributed by atoms with van der Waals surface area (Å²) < 4.78 is 4.64. The summed E-state index contributed by atoms with van der Waals surface area (Å²) in [5.74, 6) is -0.865. The van der Waals surface area contributed by atoms with Crippen LogP contribution >= 0.6 is 0 Å². The number of carbonyl (C=O) groups is 2. The van der Waals surface area contributed by atoms with Gasteiger partial charge in [-0.3, -0.25) is 4.79 Å². The summed E-state index contributed by atoms with van der Waals surface area (Å²) in [7, 11) is 1.31. The Kier molecular flexibility index (Phi) is 5.83. The SMILES string of the molecule is CCCCN(CC(N)=O)c1ccc(C(=O)OC)cc1N. The predicted molar refractivity (Wildman–Crippen MR) is 78.5 cm³/mol. The third kappa shape index (κ3) is 4.15. The van der Waals surface area contributed by atoms with Crippen molar-refractivity contribution in [3.05, 3.63) is 23.8 Å². The van der Waals surface area contributed by atoms with Gasteiger partial charge in [0.25, 0.3) is 0 Å². The first-order valence-electron chi connectivity index (χ1n) is 6.50. The molecule has 0 aliphatic carbocycles. The minimum absolute atomic E-state index is 0.0990. The second-order valence-corrected chi connectivity index (χ2v) is 4.51. The highest BCUT2D eigenvalue weighted by molar-refractivity contribution is 5.92. The number of hydrogen-bond donors (Lipinski definition) is 2. The maximum Gasteiger partial charge on any atom is 0.337 e. The molecule has 1 amide bonds. The van der Waals surface area contributed by atoms with Gasteiger partial charge in [0.1, 0.15) is 0 Å². The molecule has 1 aromatic carbocycles. The molecule has 6 nitrogen and oxygen atoms in total. The minimum Gasteiger partial charge on any atom is -0.465 e. The number of rotatable bonds is 7. The Labute approximate surface area is 118 Å². The number of nitrogens with zero attached hydrogens (tertiary/aromatic N) is 1. The summed E-state index contributed by atoms with van der Waals surface area (Å²) in [6.07, 6.45) is 1.92. The Morgan fingerprint density at radius 2 is 2.05 bits per heavy atom. The number of benzene rings is 1. The first-order chi connectivity index (χ1) is 9.49. The molecule has 0 heterocycles. The van der Waals surface area contributed by atoms with E-state index in [1.54, 1.807) is 18.2 Å². The number of methoxy groups -OCH3 is 1. The van der Waals surface area contributed by atoms with Crippen molar-refractivity contribution in [1.29, 1.82) is 0 Å². The predicted octanol–water partition coefficient (Wildman–Crippen LogP) is 1.15. The van der Waals surface area contributed by atoms with Crippen LogP contribution in [0.25, 0.3) is 0 Å². The van der Waals surface area contributed by atoms with Crippen LogP contribution < -0.4 is 16.4 Å². The van der Waals surface area contributed by atoms with Crippen molar-refractivity contribution < 1.29 is 14.3 Å². The number of anilines is 2. The fourth-order valence-corrected chi connectivity index (χ4v) is 1.91. The monoisotopic (exact) mass is 279 g/mol. The Hall–Kier alpha value is -2.24. The van der Waals surface area contributed by atoms with Crippen molar-refractivity contribution in [2.75, 3.05) is 30.8 Å². The van der Waals surface area contributed by atoms with Gasteiger partial charge < -0.3 is 21.1 Å². The van der Waals surface area contributed by atoms with Gasteiger partial charge in [0, 0.05) is 6.54 Å². The highest BCUT2D eigenvalue weighted by Crippen LogP contribution is 2.25. The zero-order valence-corrected chi connectivity index (χ0v) is 11.9. The molecule has 0 atom stereocenters. The smallest absolute Gasteiger partial charge is 0.337 e. The van der Waals surface area contributed by atoms with Crippen molar-refractivity contribution in [1.82, 2.24) is 0 Å². The molecule has 1 aromatic rings. The average Bonchev–Trinajstić information content (AvgIpc) is 2.42. The molecule has 6 heteroatoms. The van der Waals surface area contributed by atoms with Crippen molar-refractivity contribution in [2.24, 2.45) is 5.73 Å². The third-order valence-electron chi connectivity index (χ3n) is 2.92. The summed E-state index contributed by atoms with van der Waals surface area (Å²) in [4.78, 5) is 24.4. The fraction of sp³-hybridized carbons (Fsp3) is 0.429. The maximum atomic E-state index is 11.4. The second-order valence-electron chi connectivity index (χ2n) is 4.51. The van der Waals surface area contributed by atoms with Gasteiger partial charge >= 0.3 is 5.97 Å². The minimum atomic E-state index is -0.446. The summed E-state index contributed by atoms with van der Waals surface area (Å²) in [6.45, 7) is 2.84. The van der Waals surface area contributed by atoms with Gasteiger partial charge in [-0.25, -0.2) is 4.79 Å². The van der Waals surface area contributed by atoms with Gasteiger partial charge in [-0.2, -0.15) is 0 Å². The van der Waals surface area contributed by atoms with E-state index < -0.39 is 11.9 Å². The van der Waals surface area contributed by atoms with Crippen molar-refractivity contribution in [3.63, 3.8) is 0 Å². The van der Waals surface area contributed by atoms with E-state index in [2.05, 4.69) is 11.7 Å². The summed E-state index contributed by atoms with van der Waals surface area (Å²) in [6, 6.07) is 4.87. The number of unbranched alkanes of at least 4 members (excludes halogenated alkanes) is 1. The van der Waals surface area contributed by atoms with Gasteiger partial charge in [-0.1, -0.05) is 13.3 Å². The molecule has 0 spiro atoms. The van der Waals surface area contributed by atoms with E-state index in [4.69, 9.17) is 11.5 Å². The van der Waals surface area contributed by atoms with Crippen LogP contribution in [-0.4, -0.2) is 32.1 Å². The summed E-state index contributed by atoms with van der Waals surface area (Å²) >= 11 is 0.